The van der Waals surface area contributed by atoms with E-state index in [0.717, 1.165) is 5.56 Å². The van der Waals surface area contributed by atoms with Crippen LogP contribution in [0.2, 0.25) is 0 Å². The molecule has 2 rings (SSSR count). The van der Waals surface area contributed by atoms with Gasteiger partial charge in [-0.2, -0.15) is 0 Å². The number of benzene rings is 2. The summed E-state index contributed by atoms with van der Waals surface area (Å²) in [6.45, 7) is 4.11. The number of rotatable bonds is 4. The lowest BCUT2D eigenvalue weighted by molar-refractivity contribution is 0.111. The first-order chi connectivity index (χ1) is 10.6. The van der Waals surface area contributed by atoms with Gasteiger partial charge in [0.15, 0.2) is 17.9 Å². The molecule has 0 aliphatic heterocycles. The lowest BCUT2D eigenvalue weighted by Crippen LogP contribution is -2.01. The second kappa shape index (κ2) is 7.42. The van der Waals surface area contributed by atoms with Gasteiger partial charge in [-0.3, -0.25) is 4.79 Å². The Hall–Kier alpha value is -2.60. The standard InChI is InChI=1S/C19H17FO2/c1-14(2)8-9-16-10-11-18(19(20)17(16)12-21)22-13-15-6-4-3-5-7-15/h3-7,10-12,14H,13H2,1-2H3. The molecule has 22 heavy (non-hydrogen) atoms. The van der Waals surface area contributed by atoms with Crippen molar-refractivity contribution in [1.29, 1.82) is 0 Å². The van der Waals surface area contributed by atoms with Crippen molar-refractivity contribution >= 4 is 6.29 Å². The first-order valence-corrected chi connectivity index (χ1v) is 7.07. The highest BCUT2D eigenvalue weighted by molar-refractivity contribution is 5.80. The SMILES string of the molecule is CC(C)C#Cc1ccc(OCc2ccccc2)c(F)c1C=O. The van der Waals surface area contributed by atoms with Gasteiger partial charge in [-0.1, -0.05) is 56.0 Å². The summed E-state index contributed by atoms with van der Waals surface area (Å²) in [5.74, 6) is 5.29. The second-order valence-electron chi connectivity index (χ2n) is 5.16. The molecule has 0 atom stereocenters. The van der Waals surface area contributed by atoms with Gasteiger partial charge in [0.05, 0.1) is 5.56 Å². The molecule has 0 amide bonds. The Bertz CT molecular complexity index is 709. The summed E-state index contributed by atoms with van der Waals surface area (Å²) in [5.41, 5.74) is 1.25. The molecule has 2 aromatic rings. The molecule has 2 nitrogen and oxygen atoms in total. The van der Waals surface area contributed by atoms with Crippen molar-refractivity contribution in [3.63, 3.8) is 0 Å². The van der Waals surface area contributed by atoms with Gasteiger partial charge < -0.3 is 4.74 Å². The monoisotopic (exact) mass is 296 g/mol. The lowest BCUT2D eigenvalue weighted by atomic mass is 10.1. The van der Waals surface area contributed by atoms with Gasteiger partial charge in [-0.25, -0.2) is 4.39 Å². The predicted octanol–water partition coefficient (Wildman–Crippen LogP) is 4.22. The molecule has 0 fully saturated rings. The van der Waals surface area contributed by atoms with Crippen LogP contribution in [0.4, 0.5) is 4.39 Å². The Balaban J connectivity index is 2.24. The molecule has 0 radical (unpaired) electrons. The average molecular weight is 296 g/mol. The quantitative estimate of drug-likeness (QED) is 0.623. The van der Waals surface area contributed by atoms with Crippen LogP contribution in [0.5, 0.6) is 5.75 Å². The maximum absolute atomic E-state index is 14.3. The average Bonchev–Trinajstić information content (AvgIpc) is 2.53. The molecule has 0 saturated carbocycles. The Morgan fingerprint density at radius 3 is 2.55 bits per heavy atom. The van der Waals surface area contributed by atoms with Crippen molar-refractivity contribution in [2.75, 3.05) is 0 Å². The van der Waals surface area contributed by atoms with Crippen LogP contribution in [0.1, 0.15) is 35.3 Å². The Labute approximate surface area is 129 Å². The summed E-state index contributed by atoms with van der Waals surface area (Å²) in [4.78, 5) is 11.2. The van der Waals surface area contributed by atoms with Crippen LogP contribution >= 0.6 is 0 Å². The van der Waals surface area contributed by atoms with Crippen molar-refractivity contribution in [3.05, 3.63) is 65.0 Å². The van der Waals surface area contributed by atoms with Gasteiger partial charge in [-0.05, 0) is 17.7 Å². The topological polar surface area (TPSA) is 26.3 Å². The summed E-state index contributed by atoms with van der Waals surface area (Å²) >= 11 is 0. The molecule has 112 valence electrons. The van der Waals surface area contributed by atoms with Gasteiger partial charge in [0, 0.05) is 11.5 Å². The zero-order valence-corrected chi connectivity index (χ0v) is 12.6. The van der Waals surface area contributed by atoms with Gasteiger partial charge >= 0.3 is 0 Å². The Kier molecular flexibility index (Phi) is 5.32. The van der Waals surface area contributed by atoms with E-state index in [1.807, 2.05) is 44.2 Å². The second-order valence-corrected chi connectivity index (χ2v) is 5.16. The first-order valence-electron chi connectivity index (χ1n) is 7.07. The van der Waals surface area contributed by atoms with E-state index in [1.165, 1.54) is 6.07 Å². The fraction of sp³-hybridized carbons (Fsp3) is 0.211. The summed E-state index contributed by atoms with van der Waals surface area (Å²) in [5, 5.41) is 0. The van der Waals surface area contributed by atoms with Gasteiger partial charge in [0.2, 0.25) is 0 Å². The number of carbonyl (C=O) groups is 1. The van der Waals surface area contributed by atoms with Crippen molar-refractivity contribution < 1.29 is 13.9 Å². The van der Waals surface area contributed by atoms with E-state index in [9.17, 15) is 9.18 Å². The molecule has 0 aliphatic rings. The molecule has 2 aromatic carbocycles. The molecule has 0 aliphatic carbocycles. The zero-order valence-electron chi connectivity index (χ0n) is 12.6. The molecule has 0 N–H and O–H groups in total. The maximum Gasteiger partial charge on any atom is 0.176 e. The minimum atomic E-state index is -0.665. The van der Waals surface area contributed by atoms with E-state index < -0.39 is 5.82 Å². The number of ether oxygens (including phenoxy) is 1. The molecule has 0 aromatic heterocycles. The third-order valence-electron chi connectivity index (χ3n) is 2.99. The van der Waals surface area contributed by atoms with Crippen molar-refractivity contribution in [1.82, 2.24) is 0 Å². The minimum absolute atomic E-state index is 0.0565. The third kappa shape index (κ3) is 3.95. The number of hydrogen-bond donors (Lipinski definition) is 0. The number of halogens is 1. The Morgan fingerprint density at radius 2 is 1.91 bits per heavy atom. The highest BCUT2D eigenvalue weighted by Gasteiger charge is 2.13. The largest absolute Gasteiger partial charge is 0.486 e. The summed E-state index contributed by atoms with van der Waals surface area (Å²) < 4.78 is 19.8. The van der Waals surface area contributed by atoms with Gasteiger partial charge in [0.25, 0.3) is 0 Å². The highest BCUT2D eigenvalue weighted by Crippen LogP contribution is 2.23. The molecule has 0 heterocycles. The number of carbonyl (C=O) groups excluding carboxylic acids is 1. The maximum atomic E-state index is 14.3. The van der Waals surface area contributed by atoms with Gasteiger partial charge in [-0.15, -0.1) is 0 Å². The lowest BCUT2D eigenvalue weighted by Gasteiger charge is -2.09. The van der Waals surface area contributed by atoms with E-state index in [4.69, 9.17) is 4.74 Å². The summed E-state index contributed by atoms with van der Waals surface area (Å²) in [6, 6.07) is 12.6. The van der Waals surface area contributed by atoms with E-state index in [2.05, 4.69) is 11.8 Å². The molecule has 0 bridgehead atoms. The first kappa shape index (κ1) is 15.8. The van der Waals surface area contributed by atoms with Gasteiger partial charge in [0.1, 0.15) is 6.61 Å². The molecule has 0 saturated heterocycles. The number of aldehydes is 1. The molecular formula is C19H17FO2. The number of hydrogen-bond acceptors (Lipinski definition) is 2. The molecular weight excluding hydrogens is 279 g/mol. The molecule has 0 spiro atoms. The van der Waals surface area contributed by atoms with Crippen molar-refractivity contribution in [2.45, 2.75) is 20.5 Å². The predicted molar refractivity (Wildman–Crippen MR) is 84.3 cm³/mol. The third-order valence-corrected chi connectivity index (χ3v) is 2.99. The van der Waals surface area contributed by atoms with E-state index in [1.54, 1.807) is 6.07 Å². The van der Waals surface area contributed by atoms with Crippen molar-refractivity contribution in [2.24, 2.45) is 5.92 Å². The zero-order chi connectivity index (χ0) is 15.9. The fourth-order valence-corrected chi connectivity index (χ4v) is 1.87. The molecule has 3 heteroatoms. The van der Waals surface area contributed by atoms with Crippen LogP contribution in [-0.4, -0.2) is 6.29 Å². The summed E-state index contributed by atoms with van der Waals surface area (Å²) in [6.07, 6.45) is 0.481. The van der Waals surface area contributed by atoms with Crippen LogP contribution in [0.25, 0.3) is 0 Å². The highest BCUT2D eigenvalue weighted by atomic mass is 19.1. The Morgan fingerprint density at radius 1 is 1.18 bits per heavy atom. The van der Waals surface area contributed by atoms with E-state index in [0.29, 0.717) is 11.8 Å². The van der Waals surface area contributed by atoms with E-state index >= 15 is 0 Å². The van der Waals surface area contributed by atoms with Crippen LogP contribution in [-0.2, 0) is 6.61 Å². The van der Waals surface area contributed by atoms with Crippen molar-refractivity contribution in [3.8, 4) is 17.6 Å². The fourth-order valence-electron chi connectivity index (χ4n) is 1.87. The van der Waals surface area contributed by atoms with Crippen LogP contribution in [0.15, 0.2) is 42.5 Å². The van der Waals surface area contributed by atoms with Crippen LogP contribution in [0.3, 0.4) is 0 Å². The van der Waals surface area contributed by atoms with E-state index in [-0.39, 0.29) is 23.8 Å². The summed E-state index contributed by atoms with van der Waals surface area (Å²) in [7, 11) is 0. The van der Waals surface area contributed by atoms with Crippen LogP contribution < -0.4 is 4.74 Å². The molecule has 0 unspecified atom stereocenters. The minimum Gasteiger partial charge on any atom is -0.486 e. The normalized spacial score (nSPS) is 10.0. The smallest absolute Gasteiger partial charge is 0.176 e. The van der Waals surface area contributed by atoms with Crippen LogP contribution in [0, 0.1) is 23.6 Å².